The molecule has 2 fully saturated rings. The number of aliphatic hydroxyl groups is 3. The van der Waals surface area contributed by atoms with Crippen molar-refractivity contribution in [2.75, 3.05) is 13.2 Å². The summed E-state index contributed by atoms with van der Waals surface area (Å²) in [5.74, 6) is -0.551. The maximum absolute atomic E-state index is 11.1. The summed E-state index contributed by atoms with van der Waals surface area (Å²) in [5, 5.41) is 31.5. The SMILES string of the molecule is O=C1CN([C@@H]2OC[C@@H](O)[C@@H](O)[C@H]2O)NC(=O)N1. The molecule has 0 unspecified atom stereocenters. The van der Waals surface area contributed by atoms with Crippen molar-refractivity contribution in [3.63, 3.8) is 0 Å². The minimum Gasteiger partial charge on any atom is -0.388 e. The molecular formula is C8H13N3O6. The van der Waals surface area contributed by atoms with Gasteiger partial charge >= 0.3 is 6.03 Å². The number of carbonyl (C=O) groups excluding carboxylic acids is 2. The number of rotatable bonds is 1. The minimum atomic E-state index is -1.43. The van der Waals surface area contributed by atoms with Crippen LogP contribution >= 0.6 is 0 Å². The van der Waals surface area contributed by atoms with Gasteiger partial charge in [0.1, 0.15) is 24.9 Å². The van der Waals surface area contributed by atoms with Crippen molar-refractivity contribution < 1.29 is 29.6 Å². The Morgan fingerprint density at radius 1 is 1.24 bits per heavy atom. The van der Waals surface area contributed by atoms with Gasteiger partial charge in [0, 0.05) is 0 Å². The zero-order chi connectivity index (χ0) is 12.6. The van der Waals surface area contributed by atoms with E-state index < -0.39 is 36.5 Å². The Labute approximate surface area is 95.9 Å². The molecule has 17 heavy (non-hydrogen) atoms. The third-order valence-corrected chi connectivity index (χ3v) is 2.59. The number of amides is 3. The van der Waals surface area contributed by atoms with E-state index >= 15 is 0 Å². The molecule has 5 N–H and O–H groups in total. The summed E-state index contributed by atoms with van der Waals surface area (Å²) in [5.41, 5.74) is 2.27. The van der Waals surface area contributed by atoms with Gasteiger partial charge in [0.25, 0.3) is 0 Å². The lowest BCUT2D eigenvalue weighted by molar-refractivity contribution is -0.235. The maximum atomic E-state index is 11.1. The van der Waals surface area contributed by atoms with E-state index in [-0.39, 0.29) is 13.2 Å². The normalized spacial score (nSPS) is 39.7. The second-order valence-corrected chi connectivity index (χ2v) is 3.89. The van der Waals surface area contributed by atoms with Crippen LogP contribution in [-0.4, -0.2) is 70.0 Å². The summed E-state index contributed by atoms with van der Waals surface area (Å²) in [6.07, 6.45) is -5.10. The zero-order valence-electron chi connectivity index (χ0n) is 8.74. The van der Waals surface area contributed by atoms with E-state index in [4.69, 9.17) is 4.74 Å². The molecule has 0 aromatic heterocycles. The Bertz CT molecular complexity index is 321. The lowest BCUT2D eigenvalue weighted by Crippen LogP contribution is -2.68. The molecule has 0 aromatic carbocycles. The van der Waals surface area contributed by atoms with E-state index in [2.05, 4.69) is 5.43 Å². The predicted octanol–water partition coefficient (Wildman–Crippen LogP) is -3.52. The van der Waals surface area contributed by atoms with Crippen LogP contribution in [0.4, 0.5) is 4.79 Å². The van der Waals surface area contributed by atoms with Crippen molar-refractivity contribution in [1.29, 1.82) is 0 Å². The summed E-state index contributed by atoms with van der Waals surface area (Å²) in [6, 6.07) is -0.738. The smallest absolute Gasteiger partial charge is 0.336 e. The van der Waals surface area contributed by atoms with Gasteiger partial charge in [0.05, 0.1) is 6.61 Å². The van der Waals surface area contributed by atoms with E-state index in [9.17, 15) is 24.9 Å². The third kappa shape index (κ3) is 2.37. The number of urea groups is 1. The number of hydrogen-bond donors (Lipinski definition) is 5. The average Bonchev–Trinajstić information content (AvgIpc) is 2.24. The quantitative estimate of drug-likeness (QED) is 0.324. The van der Waals surface area contributed by atoms with Gasteiger partial charge in [-0.1, -0.05) is 0 Å². The Hall–Kier alpha value is -1.26. The number of hydrazine groups is 1. The van der Waals surface area contributed by atoms with Crippen LogP contribution in [0.3, 0.4) is 0 Å². The molecule has 9 heteroatoms. The highest BCUT2D eigenvalue weighted by molar-refractivity contribution is 5.97. The summed E-state index contributed by atoms with van der Waals surface area (Å²) >= 11 is 0. The van der Waals surface area contributed by atoms with Gasteiger partial charge in [-0.05, 0) is 0 Å². The van der Waals surface area contributed by atoms with Gasteiger partial charge in [0.15, 0.2) is 6.23 Å². The monoisotopic (exact) mass is 247 g/mol. The van der Waals surface area contributed by atoms with Gasteiger partial charge in [0.2, 0.25) is 5.91 Å². The fourth-order valence-electron chi connectivity index (χ4n) is 1.74. The van der Waals surface area contributed by atoms with Crippen molar-refractivity contribution in [3.8, 4) is 0 Å². The summed E-state index contributed by atoms with van der Waals surface area (Å²) in [4.78, 5) is 22.2. The van der Waals surface area contributed by atoms with E-state index in [0.29, 0.717) is 0 Å². The first-order valence-electron chi connectivity index (χ1n) is 5.02. The number of aliphatic hydroxyl groups excluding tert-OH is 3. The largest absolute Gasteiger partial charge is 0.388 e. The number of hydrogen-bond acceptors (Lipinski definition) is 7. The molecule has 9 nitrogen and oxygen atoms in total. The number of imide groups is 1. The molecule has 2 aliphatic heterocycles. The summed E-state index contributed by atoms with van der Waals surface area (Å²) in [7, 11) is 0. The molecule has 4 atom stereocenters. The van der Waals surface area contributed by atoms with Crippen molar-refractivity contribution in [2.45, 2.75) is 24.5 Å². The Morgan fingerprint density at radius 3 is 2.59 bits per heavy atom. The molecule has 0 bridgehead atoms. The summed E-state index contributed by atoms with van der Waals surface area (Å²) in [6.45, 7) is -0.410. The van der Waals surface area contributed by atoms with Crippen molar-refractivity contribution in [3.05, 3.63) is 0 Å². The standard InChI is InChI=1S/C8H13N3O6/c12-3-2-17-7(6(15)5(3)14)11-1-4(13)9-8(16)10-11/h3,5-7,12,14-15H,1-2H2,(H2,9,10,13,16)/t3-,5-,6-,7-/m1/s1. The average molecular weight is 247 g/mol. The summed E-state index contributed by atoms with van der Waals surface area (Å²) < 4.78 is 5.08. The van der Waals surface area contributed by atoms with E-state index in [1.165, 1.54) is 0 Å². The first-order chi connectivity index (χ1) is 7.99. The Kier molecular flexibility index (Phi) is 3.26. The first kappa shape index (κ1) is 12.2. The molecule has 0 radical (unpaired) electrons. The molecule has 2 heterocycles. The Balaban J connectivity index is 2.06. The van der Waals surface area contributed by atoms with Gasteiger partial charge in [-0.15, -0.1) is 0 Å². The molecule has 3 amide bonds. The topological polar surface area (TPSA) is 131 Å². The lowest BCUT2D eigenvalue weighted by Gasteiger charge is -2.41. The highest BCUT2D eigenvalue weighted by Crippen LogP contribution is 2.18. The number of ether oxygens (including phenoxy) is 1. The van der Waals surface area contributed by atoms with Gasteiger partial charge in [-0.2, -0.15) is 5.01 Å². The highest BCUT2D eigenvalue weighted by atomic mass is 16.5. The molecule has 0 aliphatic carbocycles. The van der Waals surface area contributed by atoms with Crippen LogP contribution < -0.4 is 10.7 Å². The predicted molar refractivity (Wildman–Crippen MR) is 51.1 cm³/mol. The first-order valence-corrected chi connectivity index (χ1v) is 5.02. The number of nitrogens with zero attached hydrogens (tertiary/aromatic N) is 1. The van der Waals surface area contributed by atoms with Crippen LogP contribution in [0.25, 0.3) is 0 Å². The van der Waals surface area contributed by atoms with Crippen molar-refractivity contribution >= 4 is 11.9 Å². The Morgan fingerprint density at radius 2 is 1.94 bits per heavy atom. The van der Waals surface area contributed by atoms with E-state index in [0.717, 1.165) is 5.01 Å². The molecule has 2 aliphatic rings. The van der Waals surface area contributed by atoms with Crippen molar-refractivity contribution in [1.82, 2.24) is 15.8 Å². The van der Waals surface area contributed by atoms with Crippen LogP contribution in [0.1, 0.15) is 0 Å². The zero-order valence-corrected chi connectivity index (χ0v) is 8.74. The lowest BCUT2D eigenvalue weighted by atomic mass is 10.0. The van der Waals surface area contributed by atoms with Crippen LogP contribution in [-0.2, 0) is 9.53 Å². The fraction of sp³-hybridized carbons (Fsp3) is 0.750. The van der Waals surface area contributed by atoms with E-state index in [1.807, 2.05) is 5.32 Å². The molecule has 0 aromatic rings. The van der Waals surface area contributed by atoms with Crippen LogP contribution in [0, 0.1) is 0 Å². The molecular weight excluding hydrogens is 234 g/mol. The van der Waals surface area contributed by atoms with Gasteiger partial charge in [-0.3, -0.25) is 15.5 Å². The van der Waals surface area contributed by atoms with Crippen molar-refractivity contribution in [2.24, 2.45) is 0 Å². The van der Waals surface area contributed by atoms with Crippen LogP contribution in [0.5, 0.6) is 0 Å². The maximum Gasteiger partial charge on any atom is 0.336 e. The fourth-order valence-corrected chi connectivity index (χ4v) is 1.74. The second-order valence-electron chi connectivity index (χ2n) is 3.89. The highest BCUT2D eigenvalue weighted by Gasteiger charge is 2.42. The van der Waals surface area contributed by atoms with Gasteiger partial charge in [-0.25, -0.2) is 4.79 Å². The van der Waals surface area contributed by atoms with E-state index in [1.54, 1.807) is 0 Å². The number of nitrogens with one attached hydrogen (secondary N) is 2. The third-order valence-electron chi connectivity index (χ3n) is 2.59. The minimum absolute atomic E-state index is 0.198. The number of carbonyl (C=O) groups is 2. The molecule has 2 saturated heterocycles. The molecule has 0 saturated carbocycles. The van der Waals surface area contributed by atoms with Gasteiger partial charge < -0.3 is 20.1 Å². The van der Waals surface area contributed by atoms with Crippen LogP contribution in [0.15, 0.2) is 0 Å². The molecule has 2 rings (SSSR count). The molecule has 0 spiro atoms. The molecule has 96 valence electrons. The second kappa shape index (κ2) is 4.55. The van der Waals surface area contributed by atoms with Crippen LogP contribution in [0.2, 0.25) is 0 Å².